The van der Waals surface area contributed by atoms with Gasteiger partial charge in [0.25, 0.3) is 0 Å². The van der Waals surface area contributed by atoms with Crippen LogP contribution in [0.1, 0.15) is 11.1 Å². The van der Waals surface area contributed by atoms with E-state index >= 15 is 0 Å². The number of halogens is 1. The Bertz CT molecular complexity index is 580. The summed E-state index contributed by atoms with van der Waals surface area (Å²) >= 11 is 0. The molecule has 2 nitrogen and oxygen atoms in total. The molecule has 0 spiro atoms. The minimum Gasteiger partial charge on any atom is -0.508 e. The molecule has 0 aromatic heterocycles. The Morgan fingerprint density at radius 3 is 2.61 bits per heavy atom. The first-order valence-electron chi connectivity index (χ1n) is 6.05. The lowest BCUT2D eigenvalue weighted by Gasteiger charge is -2.30. The van der Waals surface area contributed by atoms with Gasteiger partial charge in [-0.25, -0.2) is 0 Å². The highest BCUT2D eigenvalue weighted by molar-refractivity contribution is 8.93. The molecule has 0 bridgehead atoms. The smallest absolute Gasteiger partial charge is 0.119 e. The molecule has 0 fully saturated rings. The normalized spacial score (nSPS) is 17.8. The summed E-state index contributed by atoms with van der Waals surface area (Å²) in [7, 11) is 4.21. The second kappa shape index (κ2) is 4.90. The molecule has 2 aromatic rings. The van der Waals surface area contributed by atoms with Gasteiger partial charge in [-0.15, -0.1) is 17.0 Å². The standard InChI is InChI=1S/C15H17NO.BrH/c1-16(2)12-8-11-5-3-4-10-6-7-14(17)13(9-12)15(10)11;/h3-7,12,17H,8-9H2,1-2H3;1H. The minimum atomic E-state index is 0. The fourth-order valence-electron chi connectivity index (χ4n) is 2.83. The van der Waals surface area contributed by atoms with Gasteiger partial charge in [0.2, 0.25) is 0 Å². The molecule has 1 aliphatic rings. The summed E-state index contributed by atoms with van der Waals surface area (Å²) in [6.45, 7) is 0. The zero-order valence-corrected chi connectivity index (χ0v) is 12.4. The topological polar surface area (TPSA) is 23.5 Å². The third kappa shape index (κ3) is 2.02. The van der Waals surface area contributed by atoms with Crippen molar-refractivity contribution in [1.29, 1.82) is 0 Å². The number of hydrogen-bond acceptors (Lipinski definition) is 2. The van der Waals surface area contributed by atoms with E-state index in [9.17, 15) is 5.11 Å². The molecule has 0 aliphatic heterocycles. The molecule has 1 unspecified atom stereocenters. The van der Waals surface area contributed by atoms with Crippen molar-refractivity contribution in [2.45, 2.75) is 18.9 Å². The number of hydrogen-bond donors (Lipinski definition) is 1. The van der Waals surface area contributed by atoms with Crippen LogP contribution in [-0.4, -0.2) is 30.1 Å². The maximum Gasteiger partial charge on any atom is 0.119 e. The van der Waals surface area contributed by atoms with E-state index in [1.54, 1.807) is 0 Å². The van der Waals surface area contributed by atoms with Gasteiger partial charge in [-0.05, 0) is 49.3 Å². The third-order valence-electron chi connectivity index (χ3n) is 3.84. The average Bonchev–Trinajstić information content (AvgIpc) is 2.33. The molecule has 1 aliphatic carbocycles. The van der Waals surface area contributed by atoms with Crippen LogP contribution in [0.5, 0.6) is 5.75 Å². The number of nitrogens with zero attached hydrogens (tertiary/aromatic N) is 1. The number of rotatable bonds is 1. The summed E-state index contributed by atoms with van der Waals surface area (Å²) in [5.41, 5.74) is 2.47. The van der Waals surface area contributed by atoms with Crippen LogP contribution in [0, 0.1) is 0 Å². The van der Waals surface area contributed by atoms with E-state index in [0.29, 0.717) is 11.8 Å². The molecular weight excluding hydrogens is 290 g/mol. The molecule has 1 atom stereocenters. The van der Waals surface area contributed by atoms with Gasteiger partial charge in [-0.2, -0.15) is 0 Å². The van der Waals surface area contributed by atoms with E-state index in [1.165, 1.54) is 16.3 Å². The zero-order valence-electron chi connectivity index (χ0n) is 10.7. The predicted octanol–water partition coefficient (Wildman–Crippen LogP) is 3.15. The lowest BCUT2D eigenvalue weighted by Crippen LogP contribution is -2.34. The van der Waals surface area contributed by atoms with Crippen LogP contribution in [0.25, 0.3) is 10.8 Å². The highest BCUT2D eigenvalue weighted by Crippen LogP contribution is 2.35. The Balaban J connectivity index is 0.00000120. The quantitative estimate of drug-likeness (QED) is 0.875. The number of aromatic hydroxyl groups is 1. The van der Waals surface area contributed by atoms with Crippen molar-refractivity contribution in [1.82, 2.24) is 4.90 Å². The largest absolute Gasteiger partial charge is 0.508 e. The SMILES string of the molecule is Br.CN(C)C1Cc2cccc3ccc(O)c(c23)C1. The van der Waals surface area contributed by atoms with Crippen molar-refractivity contribution in [3.05, 3.63) is 41.5 Å². The van der Waals surface area contributed by atoms with Gasteiger partial charge in [0.05, 0.1) is 0 Å². The molecule has 18 heavy (non-hydrogen) atoms. The Kier molecular flexibility index (Phi) is 3.64. The van der Waals surface area contributed by atoms with Crippen LogP contribution in [0.2, 0.25) is 0 Å². The maximum absolute atomic E-state index is 10.0. The summed E-state index contributed by atoms with van der Waals surface area (Å²) in [6, 6.07) is 10.7. The summed E-state index contributed by atoms with van der Waals surface area (Å²) in [5.74, 6) is 0.441. The maximum atomic E-state index is 10.0. The van der Waals surface area contributed by atoms with E-state index < -0.39 is 0 Å². The summed E-state index contributed by atoms with van der Waals surface area (Å²) < 4.78 is 0. The Morgan fingerprint density at radius 1 is 1.11 bits per heavy atom. The molecule has 0 radical (unpaired) electrons. The number of benzene rings is 2. The van der Waals surface area contributed by atoms with Crippen molar-refractivity contribution >= 4 is 27.8 Å². The molecule has 96 valence electrons. The zero-order chi connectivity index (χ0) is 12.0. The van der Waals surface area contributed by atoms with E-state index in [2.05, 4.69) is 37.2 Å². The van der Waals surface area contributed by atoms with Gasteiger partial charge >= 0.3 is 0 Å². The molecule has 0 amide bonds. The Morgan fingerprint density at radius 2 is 1.89 bits per heavy atom. The number of phenols is 1. The van der Waals surface area contributed by atoms with Gasteiger partial charge in [0, 0.05) is 11.6 Å². The molecule has 0 heterocycles. The second-order valence-corrected chi connectivity index (χ2v) is 5.10. The van der Waals surface area contributed by atoms with Crippen LogP contribution in [0.15, 0.2) is 30.3 Å². The Labute approximate surface area is 118 Å². The second-order valence-electron chi connectivity index (χ2n) is 5.10. The lowest BCUT2D eigenvalue weighted by molar-refractivity contribution is 0.285. The highest BCUT2D eigenvalue weighted by atomic mass is 79.9. The van der Waals surface area contributed by atoms with Gasteiger partial charge in [-0.3, -0.25) is 0 Å². The average molecular weight is 308 g/mol. The van der Waals surface area contributed by atoms with Crippen LogP contribution in [-0.2, 0) is 12.8 Å². The monoisotopic (exact) mass is 307 g/mol. The van der Waals surface area contributed by atoms with Crippen molar-refractivity contribution in [2.24, 2.45) is 0 Å². The summed E-state index contributed by atoms with van der Waals surface area (Å²) in [5, 5.41) is 12.6. The van der Waals surface area contributed by atoms with E-state index in [-0.39, 0.29) is 17.0 Å². The molecule has 3 rings (SSSR count). The molecule has 1 N–H and O–H groups in total. The highest BCUT2D eigenvalue weighted by Gasteiger charge is 2.23. The van der Waals surface area contributed by atoms with Crippen molar-refractivity contribution in [3.63, 3.8) is 0 Å². The molecule has 2 aromatic carbocycles. The first-order valence-corrected chi connectivity index (χ1v) is 6.05. The van der Waals surface area contributed by atoms with Crippen molar-refractivity contribution in [3.8, 4) is 5.75 Å². The fraction of sp³-hybridized carbons (Fsp3) is 0.333. The van der Waals surface area contributed by atoms with E-state index in [1.807, 2.05) is 12.1 Å². The first-order chi connectivity index (χ1) is 8.16. The van der Waals surface area contributed by atoms with Crippen LogP contribution < -0.4 is 0 Å². The fourth-order valence-corrected chi connectivity index (χ4v) is 2.83. The molecule has 0 saturated heterocycles. The van der Waals surface area contributed by atoms with Crippen molar-refractivity contribution < 1.29 is 5.11 Å². The van der Waals surface area contributed by atoms with Crippen molar-refractivity contribution in [2.75, 3.05) is 14.1 Å². The van der Waals surface area contributed by atoms with Crippen LogP contribution in [0.4, 0.5) is 0 Å². The van der Waals surface area contributed by atoms with E-state index in [4.69, 9.17) is 0 Å². The minimum absolute atomic E-state index is 0. The third-order valence-corrected chi connectivity index (χ3v) is 3.84. The first kappa shape index (κ1) is 13.4. The van der Waals surface area contributed by atoms with Gasteiger partial charge < -0.3 is 10.0 Å². The molecule has 3 heteroatoms. The predicted molar refractivity (Wildman–Crippen MR) is 80.8 cm³/mol. The number of phenolic OH excluding ortho intramolecular Hbond substituents is 1. The lowest BCUT2D eigenvalue weighted by atomic mass is 9.85. The van der Waals surface area contributed by atoms with E-state index in [0.717, 1.165) is 18.4 Å². The molecular formula is C15H18BrNO. The van der Waals surface area contributed by atoms with Gasteiger partial charge in [0.1, 0.15) is 5.75 Å². The Hall–Kier alpha value is -1.06. The summed E-state index contributed by atoms with van der Waals surface area (Å²) in [4.78, 5) is 2.24. The van der Waals surface area contributed by atoms with Gasteiger partial charge in [0.15, 0.2) is 0 Å². The molecule has 0 saturated carbocycles. The summed E-state index contributed by atoms with van der Waals surface area (Å²) in [6.07, 6.45) is 2.01. The van der Waals surface area contributed by atoms with Gasteiger partial charge in [-0.1, -0.05) is 24.3 Å². The van der Waals surface area contributed by atoms with Crippen LogP contribution >= 0.6 is 17.0 Å². The number of likely N-dealkylation sites (N-methyl/N-ethyl adjacent to an activating group) is 1. The van der Waals surface area contributed by atoms with Crippen LogP contribution in [0.3, 0.4) is 0 Å².